The SMILES string of the molecule is CCOc1ccccc1C(=O)COc1cc(Br)ccc1F. The number of rotatable bonds is 6. The molecule has 110 valence electrons. The summed E-state index contributed by atoms with van der Waals surface area (Å²) in [5, 5.41) is 0. The molecule has 0 saturated carbocycles. The second-order valence-corrected chi connectivity index (χ2v) is 5.13. The zero-order chi connectivity index (χ0) is 15.2. The van der Waals surface area contributed by atoms with Crippen LogP contribution in [-0.4, -0.2) is 19.0 Å². The second-order valence-electron chi connectivity index (χ2n) is 4.22. The van der Waals surface area contributed by atoms with Crippen molar-refractivity contribution in [3.05, 3.63) is 58.3 Å². The maximum atomic E-state index is 13.5. The van der Waals surface area contributed by atoms with Gasteiger partial charge in [0.15, 0.2) is 18.2 Å². The Morgan fingerprint density at radius 3 is 2.67 bits per heavy atom. The highest BCUT2D eigenvalue weighted by Crippen LogP contribution is 2.23. The largest absolute Gasteiger partial charge is 0.493 e. The van der Waals surface area contributed by atoms with Crippen LogP contribution in [0.5, 0.6) is 11.5 Å². The maximum absolute atomic E-state index is 13.5. The van der Waals surface area contributed by atoms with E-state index in [4.69, 9.17) is 9.47 Å². The molecular weight excluding hydrogens is 339 g/mol. The van der Waals surface area contributed by atoms with E-state index in [9.17, 15) is 9.18 Å². The Labute approximate surface area is 130 Å². The molecule has 0 aromatic heterocycles. The first-order valence-corrected chi connectivity index (χ1v) is 7.24. The molecule has 0 aliphatic heterocycles. The molecule has 2 aromatic rings. The van der Waals surface area contributed by atoms with Gasteiger partial charge in [-0.05, 0) is 37.3 Å². The number of hydrogen-bond acceptors (Lipinski definition) is 3. The quantitative estimate of drug-likeness (QED) is 0.729. The van der Waals surface area contributed by atoms with Crippen molar-refractivity contribution in [3.63, 3.8) is 0 Å². The summed E-state index contributed by atoms with van der Waals surface area (Å²) < 4.78 is 24.9. The van der Waals surface area contributed by atoms with Crippen molar-refractivity contribution < 1.29 is 18.7 Å². The topological polar surface area (TPSA) is 35.5 Å². The van der Waals surface area contributed by atoms with E-state index in [1.165, 1.54) is 12.1 Å². The summed E-state index contributed by atoms with van der Waals surface area (Å²) in [7, 11) is 0. The average Bonchev–Trinajstić information content (AvgIpc) is 2.49. The molecule has 0 aliphatic carbocycles. The van der Waals surface area contributed by atoms with Gasteiger partial charge in [0, 0.05) is 4.47 Å². The van der Waals surface area contributed by atoms with Crippen LogP contribution < -0.4 is 9.47 Å². The molecular formula is C16H14BrFO3. The fourth-order valence-electron chi connectivity index (χ4n) is 1.79. The van der Waals surface area contributed by atoms with Gasteiger partial charge in [-0.15, -0.1) is 0 Å². The third-order valence-corrected chi connectivity index (χ3v) is 3.23. The van der Waals surface area contributed by atoms with E-state index in [0.717, 1.165) is 0 Å². The molecule has 21 heavy (non-hydrogen) atoms. The number of para-hydroxylation sites is 1. The number of ether oxygens (including phenoxy) is 2. The van der Waals surface area contributed by atoms with Crippen molar-refractivity contribution in [1.82, 2.24) is 0 Å². The summed E-state index contributed by atoms with van der Waals surface area (Å²) in [6.07, 6.45) is 0. The van der Waals surface area contributed by atoms with E-state index in [1.54, 1.807) is 30.3 Å². The molecule has 0 fully saturated rings. The third-order valence-electron chi connectivity index (χ3n) is 2.74. The molecule has 0 aliphatic rings. The number of benzene rings is 2. The van der Waals surface area contributed by atoms with Gasteiger partial charge in [-0.2, -0.15) is 0 Å². The van der Waals surface area contributed by atoms with Gasteiger partial charge >= 0.3 is 0 Å². The minimum Gasteiger partial charge on any atom is -0.493 e. The lowest BCUT2D eigenvalue weighted by atomic mass is 10.1. The van der Waals surface area contributed by atoms with Crippen LogP contribution in [-0.2, 0) is 0 Å². The predicted molar refractivity (Wildman–Crippen MR) is 81.5 cm³/mol. The Morgan fingerprint density at radius 1 is 1.14 bits per heavy atom. The van der Waals surface area contributed by atoms with Crippen LogP contribution in [0, 0.1) is 5.82 Å². The Bertz CT molecular complexity index is 643. The Kier molecular flexibility index (Phi) is 5.33. The van der Waals surface area contributed by atoms with E-state index in [2.05, 4.69) is 15.9 Å². The molecule has 0 saturated heterocycles. The predicted octanol–water partition coefficient (Wildman–Crippen LogP) is 4.25. The van der Waals surface area contributed by atoms with Gasteiger partial charge in [-0.1, -0.05) is 28.1 Å². The molecule has 0 N–H and O–H groups in total. The summed E-state index contributed by atoms with van der Waals surface area (Å²) in [5.74, 6) is -0.238. The zero-order valence-electron chi connectivity index (χ0n) is 11.4. The standard InChI is InChI=1S/C16H14BrFO3/c1-2-20-15-6-4-3-5-12(15)14(19)10-21-16-9-11(17)7-8-13(16)18/h3-9H,2,10H2,1H3. The lowest BCUT2D eigenvalue weighted by Gasteiger charge is -2.10. The van der Waals surface area contributed by atoms with Crippen LogP contribution in [0.1, 0.15) is 17.3 Å². The van der Waals surface area contributed by atoms with Gasteiger partial charge in [0.05, 0.1) is 12.2 Å². The van der Waals surface area contributed by atoms with Crippen LogP contribution in [0.25, 0.3) is 0 Å². The number of ketones is 1. The van der Waals surface area contributed by atoms with Crippen molar-refractivity contribution in [3.8, 4) is 11.5 Å². The van der Waals surface area contributed by atoms with Crippen molar-refractivity contribution in [2.24, 2.45) is 0 Å². The highest BCUT2D eigenvalue weighted by Gasteiger charge is 2.14. The fourth-order valence-corrected chi connectivity index (χ4v) is 2.13. The molecule has 0 amide bonds. The van der Waals surface area contributed by atoms with E-state index < -0.39 is 5.82 Å². The lowest BCUT2D eigenvalue weighted by Crippen LogP contribution is -2.13. The second kappa shape index (κ2) is 7.22. The maximum Gasteiger partial charge on any atom is 0.203 e. The minimum atomic E-state index is -0.510. The van der Waals surface area contributed by atoms with E-state index >= 15 is 0 Å². The first-order chi connectivity index (χ1) is 10.1. The molecule has 5 heteroatoms. The minimum absolute atomic E-state index is 0.0339. The van der Waals surface area contributed by atoms with Crippen LogP contribution >= 0.6 is 15.9 Å². The molecule has 0 unspecified atom stereocenters. The highest BCUT2D eigenvalue weighted by molar-refractivity contribution is 9.10. The average molecular weight is 353 g/mol. The normalized spacial score (nSPS) is 10.2. The first kappa shape index (κ1) is 15.5. The molecule has 0 spiro atoms. The first-order valence-electron chi connectivity index (χ1n) is 6.44. The number of halogens is 2. The molecule has 0 heterocycles. The van der Waals surface area contributed by atoms with Gasteiger partial charge in [-0.3, -0.25) is 4.79 Å². The monoisotopic (exact) mass is 352 g/mol. The molecule has 3 nitrogen and oxygen atoms in total. The molecule has 0 radical (unpaired) electrons. The van der Waals surface area contributed by atoms with Gasteiger partial charge in [0.1, 0.15) is 5.75 Å². The zero-order valence-corrected chi connectivity index (χ0v) is 13.0. The van der Waals surface area contributed by atoms with Crippen molar-refractivity contribution in [2.75, 3.05) is 13.2 Å². The van der Waals surface area contributed by atoms with Gasteiger partial charge in [-0.25, -0.2) is 4.39 Å². The summed E-state index contributed by atoms with van der Waals surface area (Å²) in [6.45, 7) is 2.05. The van der Waals surface area contributed by atoms with E-state index in [1.807, 2.05) is 6.92 Å². The molecule has 0 bridgehead atoms. The Hall–Kier alpha value is -1.88. The third kappa shape index (κ3) is 4.04. The van der Waals surface area contributed by atoms with Crippen LogP contribution in [0.3, 0.4) is 0 Å². The van der Waals surface area contributed by atoms with Crippen LogP contribution in [0.2, 0.25) is 0 Å². The highest BCUT2D eigenvalue weighted by atomic mass is 79.9. The van der Waals surface area contributed by atoms with Gasteiger partial charge < -0.3 is 9.47 Å². The molecule has 2 rings (SSSR count). The summed E-state index contributed by atoms with van der Waals surface area (Å²) in [5.41, 5.74) is 0.426. The fraction of sp³-hybridized carbons (Fsp3) is 0.188. The van der Waals surface area contributed by atoms with Crippen LogP contribution in [0.15, 0.2) is 46.9 Å². The molecule has 2 aromatic carbocycles. The number of hydrogen-bond donors (Lipinski definition) is 0. The van der Waals surface area contributed by atoms with E-state index in [0.29, 0.717) is 22.4 Å². The summed E-state index contributed by atoms with van der Waals surface area (Å²) in [4.78, 5) is 12.2. The number of carbonyl (C=O) groups is 1. The number of Topliss-reactive ketones (excluding diaryl/α,β-unsaturated/α-hetero) is 1. The Morgan fingerprint density at radius 2 is 1.90 bits per heavy atom. The number of carbonyl (C=O) groups excluding carboxylic acids is 1. The van der Waals surface area contributed by atoms with Crippen molar-refractivity contribution in [2.45, 2.75) is 6.92 Å². The summed E-state index contributed by atoms with van der Waals surface area (Å²) >= 11 is 3.23. The van der Waals surface area contributed by atoms with Crippen molar-refractivity contribution >= 4 is 21.7 Å². The summed E-state index contributed by atoms with van der Waals surface area (Å²) in [6, 6.07) is 11.2. The van der Waals surface area contributed by atoms with E-state index in [-0.39, 0.29) is 18.1 Å². The van der Waals surface area contributed by atoms with Gasteiger partial charge in [0.25, 0.3) is 0 Å². The molecule has 0 atom stereocenters. The van der Waals surface area contributed by atoms with Gasteiger partial charge in [0.2, 0.25) is 5.78 Å². The lowest BCUT2D eigenvalue weighted by molar-refractivity contribution is 0.0915. The Balaban J connectivity index is 2.10. The smallest absolute Gasteiger partial charge is 0.203 e. The van der Waals surface area contributed by atoms with Crippen molar-refractivity contribution in [1.29, 1.82) is 0 Å². The van der Waals surface area contributed by atoms with Crippen LogP contribution in [0.4, 0.5) is 4.39 Å².